The van der Waals surface area contributed by atoms with Crippen LogP contribution in [0.25, 0.3) is 22.0 Å². The van der Waals surface area contributed by atoms with Gasteiger partial charge in [0.05, 0.1) is 11.2 Å². The van der Waals surface area contributed by atoms with Crippen LogP contribution < -0.4 is 16.6 Å². The molecule has 0 saturated heterocycles. The summed E-state index contributed by atoms with van der Waals surface area (Å²) in [6.07, 6.45) is 4.16. The molecule has 1 aromatic carbocycles. The van der Waals surface area contributed by atoms with Crippen molar-refractivity contribution in [1.82, 2.24) is 14.8 Å². The standard InChI is InChI=1S/C20H21N5O2/c1-11(12-3-4-12)22-18-15-7-5-13(14-6-8-17(26)25(2)10-14)9-16(15)23-24-19(18)20(21)27/h5-12H,3-4H2,1-2H3,(H2,21,27)(H,22,23). The van der Waals surface area contributed by atoms with Crippen LogP contribution in [0.5, 0.6) is 0 Å². The van der Waals surface area contributed by atoms with Gasteiger partial charge in [0.15, 0.2) is 5.69 Å². The number of hydrogen-bond donors (Lipinski definition) is 2. The number of carbonyl (C=O) groups is 1. The van der Waals surface area contributed by atoms with Crippen molar-refractivity contribution < 1.29 is 4.79 Å². The van der Waals surface area contributed by atoms with Gasteiger partial charge in [-0.25, -0.2) is 0 Å². The Morgan fingerprint density at radius 3 is 2.63 bits per heavy atom. The summed E-state index contributed by atoms with van der Waals surface area (Å²) in [7, 11) is 1.72. The van der Waals surface area contributed by atoms with E-state index in [0.29, 0.717) is 17.1 Å². The molecule has 7 nitrogen and oxygen atoms in total. The average Bonchev–Trinajstić information content (AvgIpc) is 3.48. The highest BCUT2D eigenvalue weighted by Gasteiger charge is 2.29. The normalized spacial score (nSPS) is 14.9. The van der Waals surface area contributed by atoms with Gasteiger partial charge < -0.3 is 15.6 Å². The smallest absolute Gasteiger partial charge is 0.271 e. The molecule has 138 valence electrons. The Morgan fingerprint density at radius 1 is 1.22 bits per heavy atom. The number of nitrogens with zero attached hydrogens (tertiary/aromatic N) is 3. The van der Waals surface area contributed by atoms with Gasteiger partial charge in [-0.1, -0.05) is 6.07 Å². The van der Waals surface area contributed by atoms with Crippen molar-refractivity contribution in [2.45, 2.75) is 25.8 Å². The lowest BCUT2D eigenvalue weighted by atomic mass is 10.0. The van der Waals surface area contributed by atoms with Gasteiger partial charge >= 0.3 is 0 Å². The van der Waals surface area contributed by atoms with Crippen LogP contribution in [0, 0.1) is 5.92 Å². The van der Waals surface area contributed by atoms with Crippen LogP contribution in [0.15, 0.2) is 41.3 Å². The van der Waals surface area contributed by atoms with E-state index in [9.17, 15) is 9.59 Å². The van der Waals surface area contributed by atoms with E-state index in [-0.39, 0.29) is 17.3 Å². The second-order valence-corrected chi connectivity index (χ2v) is 7.16. The SMILES string of the molecule is CC(Nc1c(C(N)=O)nnc2cc(-c3ccc(=O)n(C)c3)ccc12)C1CC1. The Bertz CT molecular complexity index is 1100. The first-order chi connectivity index (χ1) is 12.9. The molecule has 2 aromatic heterocycles. The number of nitrogens with two attached hydrogens (primary N) is 1. The third kappa shape index (κ3) is 3.28. The highest BCUT2D eigenvalue weighted by atomic mass is 16.1. The number of rotatable bonds is 5. The summed E-state index contributed by atoms with van der Waals surface area (Å²) in [5, 5.41) is 12.5. The molecule has 4 rings (SSSR count). The number of primary amides is 1. The van der Waals surface area contributed by atoms with Gasteiger partial charge in [-0.15, -0.1) is 10.2 Å². The number of benzene rings is 1. The molecule has 3 N–H and O–H groups in total. The number of pyridine rings is 1. The Kier molecular flexibility index (Phi) is 4.14. The van der Waals surface area contributed by atoms with Gasteiger partial charge in [-0.2, -0.15) is 0 Å². The van der Waals surface area contributed by atoms with Crippen molar-refractivity contribution in [2.24, 2.45) is 18.7 Å². The van der Waals surface area contributed by atoms with Crippen molar-refractivity contribution in [3.05, 3.63) is 52.6 Å². The number of aryl methyl sites for hydroxylation is 1. The molecule has 7 heteroatoms. The Morgan fingerprint density at radius 2 is 1.96 bits per heavy atom. The largest absolute Gasteiger partial charge is 0.380 e. The fourth-order valence-electron chi connectivity index (χ4n) is 3.31. The lowest BCUT2D eigenvalue weighted by Crippen LogP contribution is -2.23. The number of amides is 1. The molecule has 2 heterocycles. The Labute approximate surface area is 156 Å². The van der Waals surface area contributed by atoms with Crippen LogP contribution in [-0.4, -0.2) is 26.7 Å². The van der Waals surface area contributed by atoms with Crippen molar-refractivity contribution in [1.29, 1.82) is 0 Å². The molecule has 27 heavy (non-hydrogen) atoms. The van der Waals surface area contributed by atoms with E-state index in [1.807, 2.05) is 18.2 Å². The first-order valence-corrected chi connectivity index (χ1v) is 8.98. The summed E-state index contributed by atoms with van der Waals surface area (Å²) >= 11 is 0. The molecule has 1 aliphatic carbocycles. The van der Waals surface area contributed by atoms with Gasteiger partial charge in [0.2, 0.25) is 5.56 Å². The summed E-state index contributed by atoms with van der Waals surface area (Å²) in [4.78, 5) is 23.4. The molecule has 1 fully saturated rings. The van der Waals surface area contributed by atoms with E-state index in [0.717, 1.165) is 16.5 Å². The minimum absolute atomic E-state index is 0.0639. The van der Waals surface area contributed by atoms with E-state index in [2.05, 4.69) is 22.4 Å². The molecule has 1 amide bonds. The Hall–Kier alpha value is -3.22. The number of fused-ring (bicyclic) bond motifs is 1. The summed E-state index contributed by atoms with van der Waals surface area (Å²) in [5.41, 5.74) is 8.73. The van der Waals surface area contributed by atoms with Crippen LogP contribution in [0.2, 0.25) is 0 Å². The molecule has 0 radical (unpaired) electrons. The van der Waals surface area contributed by atoms with E-state index in [1.165, 1.54) is 23.5 Å². The fourth-order valence-corrected chi connectivity index (χ4v) is 3.31. The predicted molar refractivity (Wildman–Crippen MR) is 105 cm³/mol. The highest BCUT2D eigenvalue weighted by molar-refractivity contribution is 6.05. The van der Waals surface area contributed by atoms with Crippen molar-refractivity contribution >= 4 is 22.5 Å². The average molecular weight is 363 g/mol. The van der Waals surface area contributed by atoms with Crippen LogP contribution in [-0.2, 0) is 7.05 Å². The predicted octanol–water partition coefficient (Wildman–Crippen LogP) is 2.30. The molecule has 0 aliphatic heterocycles. The van der Waals surface area contributed by atoms with Crippen molar-refractivity contribution in [2.75, 3.05) is 5.32 Å². The maximum atomic E-state index is 11.8. The lowest BCUT2D eigenvalue weighted by molar-refractivity contribution is 0.0995. The van der Waals surface area contributed by atoms with E-state index < -0.39 is 5.91 Å². The fraction of sp³-hybridized carbons (Fsp3) is 0.300. The van der Waals surface area contributed by atoms with Gasteiger partial charge in [-0.05, 0) is 55.0 Å². The topological polar surface area (TPSA) is 103 Å². The monoisotopic (exact) mass is 363 g/mol. The second kappa shape index (κ2) is 6.50. The van der Waals surface area contributed by atoms with Crippen LogP contribution >= 0.6 is 0 Å². The maximum absolute atomic E-state index is 11.8. The molecule has 1 aliphatic rings. The highest BCUT2D eigenvalue weighted by Crippen LogP contribution is 2.36. The van der Waals surface area contributed by atoms with Gasteiger partial charge in [0, 0.05) is 30.7 Å². The van der Waals surface area contributed by atoms with Crippen molar-refractivity contribution in [3.8, 4) is 11.1 Å². The first-order valence-electron chi connectivity index (χ1n) is 8.98. The summed E-state index contributed by atoms with van der Waals surface area (Å²) in [6, 6.07) is 9.31. The number of aromatic nitrogens is 3. The van der Waals surface area contributed by atoms with Gasteiger partial charge in [0.1, 0.15) is 0 Å². The molecule has 1 atom stereocenters. The molecule has 3 aromatic rings. The first kappa shape index (κ1) is 17.2. The molecule has 1 unspecified atom stereocenters. The molecular formula is C20H21N5O2. The zero-order valence-electron chi connectivity index (χ0n) is 15.3. The number of anilines is 1. The third-order valence-electron chi connectivity index (χ3n) is 5.12. The third-order valence-corrected chi connectivity index (χ3v) is 5.12. The summed E-state index contributed by atoms with van der Waals surface area (Å²) < 4.78 is 1.53. The van der Waals surface area contributed by atoms with E-state index >= 15 is 0 Å². The number of carbonyl (C=O) groups excluding carboxylic acids is 1. The number of nitrogens with one attached hydrogen (secondary N) is 1. The minimum atomic E-state index is -0.600. The summed E-state index contributed by atoms with van der Waals surface area (Å²) in [6.45, 7) is 2.10. The van der Waals surface area contributed by atoms with E-state index in [4.69, 9.17) is 5.73 Å². The van der Waals surface area contributed by atoms with E-state index in [1.54, 1.807) is 19.3 Å². The zero-order valence-corrected chi connectivity index (χ0v) is 15.3. The maximum Gasteiger partial charge on any atom is 0.271 e. The zero-order chi connectivity index (χ0) is 19.1. The Balaban J connectivity index is 1.82. The van der Waals surface area contributed by atoms with Gasteiger partial charge in [0.25, 0.3) is 5.91 Å². The second-order valence-electron chi connectivity index (χ2n) is 7.16. The molecule has 0 spiro atoms. The molecule has 0 bridgehead atoms. The lowest BCUT2D eigenvalue weighted by Gasteiger charge is -2.18. The minimum Gasteiger partial charge on any atom is -0.380 e. The van der Waals surface area contributed by atoms with Crippen LogP contribution in [0.4, 0.5) is 5.69 Å². The van der Waals surface area contributed by atoms with Crippen molar-refractivity contribution in [3.63, 3.8) is 0 Å². The molecular weight excluding hydrogens is 342 g/mol. The van der Waals surface area contributed by atoms with Crippen LogP contribution in [0.1, 0.15) is 30.3 Å². The van der Waals surface area contributed by atoms with Gasteiger partial charge in [-0.3, -0.25) is 9.59 Å². The number of hydrogen-bond acceptors (Lipinski definition) is 5. The summed E-state index contributed by atoms with van der Waals surface area (Å²) in [5.74, 6) is 0.0100. The van der Waals surface area contributed by atoms with Crippen LogP contribution in [0.3, 0.4) is 0 Å². The molecule has 1 saturated carbocycles. The quantitative estimate of drug-likeness (QED) is 0.724.